The van der Waals surface area contributed by atoms with Crippen LogP contribution >= 0.6 is 27.5 Å². The van der Waals surface area contributed by atoms with Crippen LogP contribution in [0.25, 0.3) is 11.3 Å². The number of hydrogen-bond acceptors (Lipinski definition) is 3. The third-order valence-corrected chi connectivity index (χ3v) is 4.02. The van der Waals surface area contributed by atoms with Crippen LogP contribution in [0.3, 0.4) is 0 Å². The van der Waals surface area contributed by atoms with Crippen molar-refractivity contribution in [3.8, 4) is 11.3 Å². The SMILES string of the molecule is Cc1ccc(Cl)cc1-c1cc(Nc2ccc(Br)cc2)ncn1. The lowest BCUT2D eigenvalue weighted by atomic mass is 10.1. The number of benzene rings is 2. The van der Waals surface area contributed by atoms with Gasteiger partial charge < -0.3 is 5.32 Å². The first-order valence-corrected chi connectivity index (χ1v) is 7.90. The third kappa shape index (κ3) is 3.46. The highest BCUT2D eigenvalue weighted by Gasteiger charge is 2.06. The number of halogens is 2. The fraction of sp³-hybridized carbons (Fsp3) is 0.0588. The zero-order valence-corrected chi connectivity index (χ0v) is 14.2. The Kier molecular flexibility index (Phi) is 4.41. The minimum Gasteiger partial charge on any atom is -0.340 e. The van der Waals surface area contributed by atoms with E-state index in [1.54, 1.807) is 6.33 Å². The van der Waals surface area contributed by atoms with E-state index < -0.39 is 0 Å². The van der Waals surface area contributed by atoms with Crippen LogP contribution in [0, 0.1) is 6.92 Å². The summed E-state index contributed by atoms with van der Waals surface area (Å²) >= 11 is 9.51. The molecule has 0 atom stereocenters. The highest BCUT2D eigenvalue weighted by atomic mass is 79.9. The van der Waals surface area contributed by atoms with Crippen molar-refractivity contribution in [3.05, 3.63) is 69.9 Å². The largest absolute Gasteiger partial charge is 0.340 e. The molecule has 0 aliphatic carbocycles. The molecule has 0 spiro atoms. The summed E-state index contributed by atoms with van der Waals surface area (Å²) in [6, 6.07) is 15.6. The van der Waals surface area contributed by atoms with Crippen LogP contribution in [0.2, 0.25) is 5.02 Å². The molecule has 0 saturated carbocycles. The van der Waals surface area contributed by atoms with E-state index in [0.717, 1.165) is 32.8 Å². The molecule has 3 rings (SSSR count). The van der Waals surface area contributed by atoms with Crippen molar-refractivity contribution in [2.45, 2.75) is 6.92 Å². The second-order valence-corrected chi connectivity index (χ2v) is 6.23. The first kappa shape index (κ1) is 15.0. The summed E-state index contributed by atoms with van der Waals surface area (Å²) in [5, 5.41) is 3.97. The lowest BCUT2D eigenvalue weighted by molar-refractivity contribution is 1.17. The Hall–Kier alpha value is -1.91. The van der Waals surface area contributed by atoms with E-state index in [2.05, 4.69) is 31.2 Å². The molecule has 0 fully saturated rings. The summed E-state index contributed by atoms with van der Waals surface area (Å²) in [5.41, 5.74) is 3.94. The topological polar surface area (TPSA) is 37.8 Å². The maximum atomic E-state index is 6.09. The van der Waals surface area contributed by atoms with Crippen molar-refractivity contribution in [2.75, 3.05) is 5.32 Å². The quantitative estimate of drug-likeness (QED) is 0.647. The smallest absolute Gasteiger partial charge is 0.134 e. The van der Waals surface area contributed by atoms with Gasteiger partial charge in [-0.1, -0.05) is 33.6 Å². The average molecular weight is 375 g/mol. The van der Waals surface area contributed by atoms with Crippen molar-refractivity contribution < 1.29 is 0 Å². The van der Waals surface area contributed by atoms with Gasteiger partial charge in [0.15, 0.2) is 0 Å². The number of aromatic nitrogens is 2. The summed E-state index contributed by atoms with van der Waals surface area (Å²) in [5.74, 6) is 0.742. The van der Waals surface area contributed by atoms with E-state index in [1.807, 2.05) is 55.5 Å². The zero-order chi connectivity index (χ0) is 15.5. The minimum atomic E-state index is 0.696. The number of anilines is 2. The van der Waals surface area contributed by atoms with E-state index >= 15 is 0 Å². The van der Waals surface area contributed by atoms with Crippen LogP contribution in [0.1, 0.15) is 5.56 Å². The maximum Gasteiger partial charge on any atom is 0.134 e. The van der Waals surface area contributed by atoms with E-state index in [1.165, 1.54) is 0 Å². The van der Waals surface area contributed by atoms with Crippen molar-refractivity contribution in [1.29, 1.82) is 0 Å². The Morgan fingerprint density at radius 1 is 1.00 bits per heavy atom. The fourth-order valence-corrected chi connectivity index (χ4v) is 2.56. The van der Waals surface area contributed by atoms with Crippen LogP contribution in [-0.2, 0) is 0 Å². The lowest BCUT2D eigenvalue weighted by Gasteiger charge is -2.09. The predicted molar refractivity (Wildman–Crippen MR) is 94.6 cm³/mol. The van der Waals surface area contributed by atoms with Gasteiger partial charge in [0.25, 0.3) is 0 Å². The highest BCUT2D eigenvalue weighted by molar-refractivity contribution is 9.10. The van der Waals surface area contributed by atoms with Gasteiger partial charge in [0, 0.05) is 26.8 Å². The summed E-state index contributed by atoms with van der Waals surface area (Å²) in [4.78, 5) is 8.62. The molecule has 0 saturated heterocycles. The predicted octanol–water partition coefficient (Wildman–Crippen LogP) is 5.61. The van der Waals surface area contributed by atoms with Gasteiger partial charge in [-0.3, -0.25) is 0 Å². The van der Waals surface area contributed by atoms with Gasteiger partial charge in [0.1, 0.15) is 12.1 Å². The van der Waals surface area contributed by atoms with Crippen LogP contribution in [-0.4, -0.2) is 9.97 Å². The second kappa shape index (κ2) is 6.46. The second-order valence-electron chi connectivity index (χ2n) is 4.88. The molecule has 2 aromatic carbocycles. The van der Waals surface area contributed by atoms with E-state index in [0.29, 0.717) is 5.02 Å². The first-order chi connectivity index (χ1) is 10.6. The molecule has 22 heavy (non-hydrogen) atoms. The molecule has 1 N–H and O–H groups in total. The molecule has 0 unspecified atom stereocenters. The number of nitrogens with zero attached hydrogens (tertiary/aromatic N) is 2. The molecule has 0 bridgehead atoms. The molecule has 1 heterocycles. The van der Waals surface area contributed by atoms with Crippen LogP contribution in [0.4, 0.5) is 11.5 Å². The Balaban J connectivity index is 1.92. The van der Waals surface area contributed by atoms with Gasteiger partial charge in [-0.25, -0.2) is 9.97 Å². The molecule has 1 aromatic heterocycles. The lowest BCUT2D eigenvalue weighted by Crippen LogP contribution is -1.96. The Morgan fingerprint density at radius 3 is 2.55 bits per heavy atom. The molecule has 3 nitrogen and oxygen atoms in total. The molecule has 110 valence electrons. The summed E-state index contributed by atoms with van der Waals surface area (Å²) < 4.78 is 1.04. The number of hydrogen-bond donors (Lipinski definition) is 1. The van der Waals surface area contributed by atoms with Crippen molar-refractivity contribution in [2.24, 2.45) is 0 Å². The van der Waals surface area contributed by atoms with Gasteiger partial charge in [-0.2, -0.15) is 0 Å². The first-order valence-electron chi connectivity index (χ1n) is 6.73. The summed E-state index contributed by atoms with van der Waals surface area (Å²) in [6.45, 7) is 2.04. The molecule has 0 aliphatic heterocycles. The molecular weight excluding hydrogens is 362 g/mol. The molecular formula is C17H13BrClN3. The average Bonchev–Trinajstić information content (AvgIpc) is 2.52. The normalized spacial score (nSPS) is 10.5. The van der Waals surface area contributed by atoms with Gasteiger partial charge in [-0.15, -0.1) is 0 Å². The van der Waals surface area contributed by atoms with Crippen molar-refractivity contribution >= 4 is 39.0 Å². The molecule has 5 heteroatoms. The maximum absolute atomic E-state index is 6.09. The van der Waals surface area contributed by atoms with Gasteiger partial charge in [0.05, 0.1) is 5.69 Å². The Labute approximate surface area is 142 Å². The number of rotatable bonds is 3. The van der Waals surface area contributed by atoms with Crippen molar-refractivity contribution in [1.82, 2.24) is 9.97 Å². The molecule has 0 aliphatic rings. The third-order valence-electron chi connectivity index (χ3n) is 3.26. The monoisotopic (exact) mass is 373 g/mol. The minimum absolute atomic E-state index is 0.696. The molecule has 3 aromatic rings. The van der Waals surface area contributed by atoms with Gasteiger partial charge in [0.2, 0.25) is 0 Å². The van der Waals surface area contributed by atoms with E-state index in [9.17, 15) is 0 Å². The number of nitrogens with one attached hydrogen (secondary N) is 1. The van der Waals surface area contributed by atoms with Crippen LogP contribution < -0.4 is 5.32 Å². The van der Waals surface area contributed by atoms with Gasteiger partial charge >= 0.3 is 0 Å². The van der Waals surface area contributed by atoms with E-state index in [4.69, 9.17) is 11.6 Å². The zero-order valence-electron chi connectivity index (χ0n) is 11.8. The fourth-order valence-electron chi connectivity index (χ4n) is 2.12. The van der Waals surface area contributed by atoms with E-state index in [-0.39, 0.29) is 0 Å². The van der Waals surface area contributed by atoms with Gasteiger partial charge in [-0.05, 0) is 48.9 Å². The standard InChI is InChI=1S/C17H13BrClN3/c1-11-2-5-13(19)8-15(11)16-9-17(21-10-20-16)22-14-6-3-12(18)4-7-14/h2-10H,1H3,(H,20,21,22). The number of aryl methyl sites for hydroxylation is 1. The molecule has 0 radical (unpaired) electrons. The molecule has 0 amide bonds. The summed E-state index contributed by atoms with van der Waals surface area (Å²) in [6.07, 6.45) is 1.55. The highest BCUT2D eigenvalue weighted by Crippen LogP contribution is 2.27. The van der Waals surface area contributed by atoms with Crippen LogP contribution in [0.15, 0.2) is 59.3 Å². The van der Waals surface area contributed by atoms with Crippen LogP contribution in [0.5, 0.6) is 0 Å². The Bertz CT molecular complexity index is 803. The van der Waals surface area contributed by atoms with Crippen molar-refractivity contribution in [3.63, 3.8) is 0 Å². The Morgan fingerprint density at radius 2 is 1.77 bits per heavy atom. The summed E-state index contributed by atoms with van der Waals surface area (Å²) in [7, 11) is 0.